The molecule has 352 valence electrons. The zero-order valence-corrected chi connectivity index (χ0v) is 47.1. The zero-order chi connectivity index (χ0) is 43.3. The van der Waals surface area contributed by atoms with E-state index in [2.05, 4.69) is 159 Å². The Morgan fingerprint density at radius 3 is 0.985 bits per heavy atom. The number of hydrogen-bond acceptors (Lipinski definition) is 0. The van der Waals surface area contributed by atoms with Gasteiger partial charge in [0, 0.05) is 0 Å². The second-order valence-electron chi connectivity index (χ2n) is 24.0. The summed E-state index contributed by atoms with van der Waals surface area (Å²) in [6, 6.07) is 38.2. The van der Waals surface area contributed by atoms with Gasteiger partial charge in [-0.05, 0) is 156 Å². The summed E-state index contributed by atoms with van der Waals surface area (Å²) in [6.07, 6.45) is 17.8. The monoisotopic (exact) mass is 1010 g/mol. The van der Waals surface area contributed by atoms with E-state index in [1.807, 2.05) is 0 Å². The number of halogens is 2. The van der Waals surface area contributed by atoms with Gasteiger partial charge >= 0.3 is 30.2 Å². The van der Waals surface area contributed by atoms with Crippen LogP contribution in [0.15, 0.2) is 97.1 Å². The van der Waals surface area contributed by atoms with Crippen molar-refractivity contribution in [2.24, 2.45) is 35.5 Å². The van der Waals surface area contributed by atoms with Crippen LogP contribution in [0.4, 0.5) is 0 Å². The molecule has 0 saturated heterocycles. The summed E-state index contributed by atoms with van der Waals surface area (Å²) in [5.41, 5.74) is 16.1. The minimum atomic E-state index is 0. The molecule has 0 atom stereocenters. The van der Waals surface area contributed by atoms with Crippen molar-refractivity contribution in [3.05, 3.63) is 145 Å². The molecule has 8 aliphatic carbocycles. The molecule has 2 radical (unpaired) electrons. The van der Waals surface area contributed by atoms with Gasteiger partial charge in [-0.25, -0.2) is 0 Å². The van der Waals surface area contributed by atoms with E-state index in [1.165, 1.54) is 166 Å². The van der Waals surface area contributed by atoms with Gasteiger partial charge in [-0.2, -0.15) is 11.1 Å². The standard InChI is InChI=1S/2C30H35.2CH3.2ClH.Si.Zr/c2*1-19-27(29(2,3)4)15-24-6-5-7-26(28(19)24)23-8-10-25(11-9-23)30-16-20-12-21(17-30)14-22(13-20)18-30;;;;;;/h2*5-11,15,20-22H,12-14,16-18H2,1-4H3;2*1H3;2*1H;;/q4*-1;;;;. The molecular formula is C62H78Cl2SiZr-4. The van der Waals surface area contributed by atoms with E-state index >= 15 is 0 Å². The summed E-state index contributed by atoms with van der Waals surface area (Å²) < 4.78 is 0. The second-order valence-corrected chi connectivity index (χ2v) is 24.0. The summed E-state index contributed by atoms with van der Waals surface area (Å²) in [5.74, 6) is 6.04. The Morgan fingerprint density at radius 2 is 0.727 bits per heavy atom. The van der Waals surface area contributed by atoms with Gasteiger partial charge in [-0.1, -0.05) is 127 Å². The molecule has 0 nitrogen and oxygen atoms in total. The number of hydrogen-bond donors (Lipinski definition) is 0. The normalized spacial score (nSPS) is 27.6. The van der Waals surface area contributed by atoms with Crippen molar-refractivity contribution in [2.75, 3.05) is 0 Å². The summed E-state index contributed by atoms with van der Waals surface area (Å²) in [4.78, 5) is 0. The first-order valence-electron chi connectivity index (χ1n) is 24.5. The molecule has 4 heteroatoms. The molecule has 0 amide bonds. The first kappa shape index (κ1) is 53.1. The van der Waals surface area contributed by atoms with Gasteiger partial charge in [0.2, 0.25) is 0 Å². The van der Waals surface area contributed by atoms with Crippen LogP contribution in [0.1, 0.15) is 152 Å². The topological polar surface area (TPSA) is 0 Å². The van der Waals surface area contributed by atoms with Crippen molar-refractivity contribution in [2.45, 2.75) is 154 Å². The van der Waals surface area contributed by atoms with Crippen LogP contribution in [-0.2, 0) is 45.0 Å². The predicted molar refractivity (Wildman–Crippen MR) is 290 cm³/mol. The molecule has 0 heterocycles. The fourth-order valence-electron chi connectivity index (χ4n) is 16.0. The maximum absolute atomic E-state index is 3.06. The van der Waals surface area contributed by atoms with Crippen LogP contribution < -0.4 is 0 Å². The van der Waals surface area contributed by atoms with Crippen LogP contribution in [0.3, 0.4) is 0 Å². The fraction of sp³-hybridized carbons (Fsp3) is 0.484. The predicted octanol–water partition coefficient (Wildman–Crippen LogP) is 18.0. The van der Waals surface area contributed by atoms with Gasteiger partial charge in [0.1, 0.15) is 0 Å². The third-order valence-corrected chi connectivity index (χ3v) is 17.7. The first-order valence-corrected chi connectivity index (χ1v) is 28.7. The van der Waals surface area contributed by atoms with Crippen LogP contribution in [-0.4, -0.2) is 6.88 Å². The van der Waals surface area contributed by atoms with Crippen molar-refractivity contribution >= 4 is 53.2 Å². The number of fused-ring (bicyclic) bond motifs is 2. The van der Waals surface area contributed by atoms with E-state index < -0.39 is 0 Å². The van der Waals surface area contributed by atoms with E-state index in [9.17, 15) is 0 Å². The molecular weight excluding hydrogens is 935 g/mol. The van der Waals surface area contributed by atoms with Crippen LogP contribution in [0.5, 0.6) is 0 Å². The molecule has 6 aromatic carbocycles. The van der Waals surface area contributed by atoms with Gasteiger partial charge < -0.3 is 14.9 Å². The third kappa shape index (κ3) is 9.40. The first-order chi connectivity index (χ1) is 29.6. The third-order valence-electron chi connectivity index (χ3n) is 17.7. The average Bonchev–Trinajstić information content (AvgIpc) is 3.78. The molecule has 0 spiro atoms. The van der Waals surface area contributed by atoms with Crippen LogP contribution in [0.2, 0.25) is 0 Å². The van der Waals surface area contributed by atoms with Gasteiger partial charge in [0.15, 0.2) is 0 Å². The Morgan fingerprint density at radius 1 is 0.455 bits per heavy atom. The van der Waals surface area contributed by atoms with Gasteiger partial charge in [0.05, 0.1) is 0 Å². The Bertz CT molecular complexity index is 2360. The van der Waals surface area contributed by atoms with Crippen molar-refractivity contribution in [3.63, 3.8) is 0 Å². The molecule has 8 bridgehead atoms. The SMILES string of the molecule is Cc1c(C(C)(C)C)[cH-]c2cccc(-c3ccc(C45CC6CC(CC(C6)C4)C5)cc3)c12.Cc1c(C(C)(C)C)[cH-]c2cccc(-c3ccc(C45CC6CC(CC(C6)C4)C5)cc3)c12.Cl.Cl.[CH3-].[CH3-].[Si]=[Zr]. The number of aryl methyl sites for hydroxylation is 2. The molecule has 0 aromatic heterocycles. The summed E-state index contributed by atoms with van der Waals surface area (Å²) in [5, 5.41) is 5.68. The Kier molecular flexibility index (Phi) is 16.0. The van der Waals surface area contributed by atoms with Crippen LogP contribution in [0.25, 0.3) is 43.8 Å². The number of benzene rings is 4. The molecule has 66 heavy (non-hydrogen) atoms. The van der Waals surface area contributed by atoms with Crippen molar-refractivity contribution in [3.8, 4) is 22.3 Å². The maximum atomic E-state index is 3.06. The number of rotatable bonds is 4. The quantitative estimate of drug-likeness (QED) is 0.122. The fourth-order valence-corrected chi connectivity index (χ4v) is 16.0. The molecule has 8 aliphatic rings. The Labute approximate surface area is 430 Å². The van der Waals surface area contributed by atoms with Gasteiger partial charge in [-0.15, -0.1) is 93.9 Å². The molecule has 6 aromatic rings. The zero-order valence-electron chi connectivity index (χ0n) is 42.0. The van der Waals surface area contributed by atoms with Gasteiger partial charge in [0.25, 0.3) is 0 Å². The molecule has 8 fully saturated rings. The average molecular weight is 1010 g/mol. The van der Waals surface area contributed by atoms with Gasteiger partial charge in [-0.3, -0.25) is 0 Å². The minimum absolute atomic E-state index is 0. The van der Waals surface area contributed by atoms with E-state index in [0.29, 0.717) is 10.8 Å². The van der Waals surface area contributed by atoms with E-state index in [1.54, 1.807) is 11.1 Å². The molecule has 0 aliphatic heterocycles. The van der Waals surface area contributed by atoms with E-state index in [0.717, 1.165) is 35.5 Å². The van der Waals surface area contributed by atoms with Crippen molar-refractivity contribution in [1.29, 1.82) is 0 Å². The Hall–Kier alpha value is -2.22. The summed E-state index contributed by atoms with van der Waals surface area (Å²) in [7, 11) is 0. The summed E-state index contributed by atoms with van der Waals surface area (Å²) in [6.45, 7) is 21.7. The van der Waals surface area contributed by atoms with E-state index in [-0.39, 0.29) is 50.5 Å². The van der Waals surface area contributed by atoms with Crippen molar-refractivity contribution in [1.82, 2.24) is 0 Å². The van der Waals surface area contributed by atoms with Crippen molar-refractivity contribution < 1.29 is 23.3 Å². The molecule has 8 saturated carbocycles. The van der Waals surface area contributed by atoms with Crippen LogP contribution in [0, 0.1) is 64.2 Å². The molecule has 14 rings (SSSR count). The van der Waals surface area contributed by atoms with E-state index in [4.69, 9.17) is 0 Å². The molecule has 0 N–H and O–H groups in total. The summed E-state index contributed by atoms with van der Waals surface area (Å²) >= 11 is 1.36. The second kappa shape index (κ2) is 19.9. The molecule has 0 unspecified atom stereocenters. The van der Waals surface area contributed by atoms with Crippen LogP contribution >= 0.6 is 24.8 Å². The Balaban J connectivity index is 0.000000199.